The second-order valence-corrected chi connectivity index (χ2v) is 4.17. The van der Waals surface area contributed by atoms with E-state index in [1.54, 1.807) is 0 Å². The first kappa shape index (κ1) is 8.48. The van der Waals surface area contributed by atoms with Gasteiger partial charge in [-0.25, -0.2) is 0 Å². The molecule has 2 aliphatic rings. The first-order chi connectivity index (χ1) is 6.92. The largest absolute Gasteiger partial charge is 0.463 e. The Kier molecular flexibility index (Phi) is 2.05. The molecule has 1 atom stereocenters. The second kappa shape index (κ2) is 3.39. The van der Waals surface area contributed by atoms with Gasteiger partial charge >= 0.3 is 8.60 Å². The van der Waals surface area contributed by atoms with Crippen LogP contribution >= 0.6 is 8.60 Å². The van der Waals surface area contributed by atoms with Crippen LogP contribution in [0.4, 0.5) is 0 Å². The molecule has 2 heterocycles. The summed E-state index contributed by atoms with van der Waals surface area (Å²) < 4.78 is 21.3. The van der Waals surface area contributed by atoms with E-state index in [1.807, 2.05) is 24.3 Å². The Labute approximate surface area is 82.7 Å². The zero-order valence-corrected chi connectivity index (χ0v) is 8.28. The van der Waals surface area contributed by atoms with Crippen LogP contribution in [0.1, 0.15) is 0 Å². The summed E-state index contributed by atoms with van der Waals surface area (Å²) in [6.07, 6.45) is 0.244. The van der Waals surface area contributed by atoms with Gasteiger partial charge in [-0.2, -0.15) is 0 Å². The van der Waals surface area contributed by atoms with Crippen molar-refractivity contribution < 1.29 is 18.3 Å². The maximum Gasteiger partial charge on any atom is 0.463 e. The number of hydrogen-bond acceptors (Lipinski definition) is 4. The SMILES string of the molecule is c1ccc2c(c1)OP(OCC1CO1)O2. The Balaban J connectivity index is 1.60. The van der Waals surface area contributed by atoms with Crippen molar-refractivity contribution in [1.29, 1.82) is 0 Å². The van der Waals surface area contributed by atoms with E-state index in [-0.39, 0.29) is 6.10 Å². The zero-order chi connectivity index (χ0) is 9.38. The first-order valence-corrected chi connectivity index (χ1v) is 5.51. The molecule has 0 N–H and O–H groups in total. The highest BCUT2D eigenvalue weighted by Gasteiger charge is 2.31. The summed E-state index contributed by atoms with van der Waals surface area (Å²) in [7, 11) is -1.24. The van der Waals surface area contributed by atoms with Gasteiger partial charge in [-0.05, 0) is 12.1 Å². The summed E-state index contributed by atoms with van der Waals surface area (Å²) in [6.45, 7) is 1.34. The number of rotatable bonds is 3. The molecule has 5 heteroatoms. The Morgan fingerprint density at radius 1 is 1.29 bits per heavy atom. The third-order valence-electron chi connectivity index (χ3n) is 1.96. The number of benzene rings is 1. The standard InChI is InChI=1S/C9H9O4P/c1-2-4-9-8(3-1)12-14(13-9)11-6-7-5-10-7/h1-4,7H,5-6H2. The van der Waals surface area contributed by atoms with E-state index < -0.39 is 8.60 Å². The molecule has 14 heavy (non-hydrogen) atoms. The molecule has 74 valence electrons. The quantitative estimate of drug-likeness (QED) is 0.568. The molecule has 1 aromatic rings. The topological polar surface area (TPSA) is 40.2 Å². The third kappa shape index (κ3) is 1.69. The van der Waals surface area contributed by atoms with Gasteiger partial charge in [-0.15, -0.1) is 0 Å². The van der Waals surface area contributed by atoms with Crippen molar-refractivity contribution in [3.63, 3.8) is 0 Å². The van der Waals surface area contributed by atoms with E-state index in [2.05, 4.69) is 0 Å². The van der Waals surface area contributed by atoms with E-state index in [1.165, 1.54) is 0 Å². The Morgan fingerprint density at radius 2 is 1.93 bits per heavy atom. The lowest BCUT2D eigenvalue weighted by Crippen LogP contribution is -2.00. The van der Waals surface area contributed by atoms with Crippen molar-refractivity contribution in [2.24, 2.45) is 0 Å². The molecule has 1 saturated heterocycles. The molecule has 0 aromatic heterocycles. The Hall–Kier alpha value is -0.830. The second-order valence-electron chi connectivity index (χ2n) is 3.10. The molecule has 2 aliphatic heterocycles. The molecule has 0 saturated carbocycles. The van der Waals surface area contributed by atoms with Crippen molar-refractivity contribution in [3.05, 3.63) is 24.3 Å². The molecule has 0 aliphatic carbocycles. The molecule has 4 nitrogen and oxygen atoms in total. The van der Waals surface area contributed by atoms with E-state index in [4.69, 9.17) is 18.3 Å². The summed E-state index contributed by atoms with van der Waals surface area (Å²) in [5.74, 6) is 1.52. The van der Waals surface area contributed by atoms with Gasteiger partial charge in [0.2, 0.25) is 0 Å². The number of para-hydroxylation sites is 2. The van der Waals surface area contributed by atoms with E-state index in [0.717, 1.165) is 18.1 Å². The van der Waals surface area contributed by atoms with Gasteiger partial charge < -0.3 is 13.8 Å². The van der Waals surface area contributed by atoms with Gasteiger partial charge in [-0.3, -0.25) is 4.52 Å². The van der Waals surface area contributed by atoms with Gasteiger partial charge in [-0.1, -0.05) is 12.1 Å². The van der Waals surface area contributed by atoms with Crippen LogP contribution in [0.2, 0.25) is 0 Å². The predicted octanol–water partition coefficient (Wildman–Crippen LogP) is 2.10. The monoisotopic (exact) mass is 212 g/mol. The van der Waals surface area contributed by atoms with Crippen molar-refractivity contribution >= 4 is 8.60 Å². The van der Waals surface area contributed by atoms with E-state index in [0.29, 0.717) is 6.61 Å². The van der Waals surface area contributed by atoms with Crippen molar-refractivity contribution in [2.75, 3.05) is 13.2 Å². The minimum Gasteiger partial charge on any atom is -0.414 e. The van der Waals surface area contributed by atoms with Crippen LogP contribution in [0.3, 0.4) is 0 Å². The molecule has 0 amide bonds. The molecule has 0 bridgehead atoms. The van der Waals surface area contributed by atoms with Crippen LogP contribution in [-0.4, -0.2) is 19.3 Å². The highest BCUT2D eigenvalue weighted by atomic mass is 31.2. The molecule has 0 spiro atoms. The summed E-state index contributed by atoms with van der Waals surface area (Å²) in [5.41, 5.74) is 0. The number of fused-ring (bicyclic) bond motifs is 1. The smallest absolute Gasteiger partial charge is 0.414 e. The maximum atomic E-state index is 5.45. The van der Waals surface area contributed by atoms with Crippen LogP contribution in [0.25, 0.3) is 0 Å². The zero-order valence-electron chi connectivity index (χ0n) is 7.38. The van der Waals surface area contributed by atoms with Crippen LogP contribution in [0, 0.1) is 0 Å². The summed E-state index contributed by atoms with van der Waals surface area (Å²) in [5, 5.41) is 0. The fraction of sp³-hybridized carbons (Fsp3) is 0.333. The third-order valence-corrected chi connectivity index (χ3v) is 3.01. The van der Waals surface area contributed by atoms with Gasteiger partial charge in [0.05, 0.1) is 13.2 Å². The van der Waals surface area contributed by atoms with Gasteiger partial charge in [0, 0.05) is 0 Å². The lowest BCUT2D eigenvalue weighted by atomic mass is 10.3. The Bertz CT molecular complexity index is 314. The summed E-state index contributed by atoms with van der Waals surface area (Å²) in [6, 6.07) is 7.55. The van der Waals surface area contributed by atoms with Crippen molar-refractivity contribution in [2.45, 2.75) is 6.10 Å². The lowest BCUT2D eigenvalue weighted by molar-refractivity contribution is 0.244. The average molecular weight is 212 g/mol. The van der Waals surface area contributed by atoms with Crippen molar-refractivity contribution in [1.82, 2.24) is 0 Å². The van der Waals surface area contributed by atoms with Gasteiger partial charge in [0.15, 0.2) is 11.5 Å². The molecule has 1 fully saturated rings. The normalized spacial score (nSPS) is 23.9. The Morgan fingerprint density at radius 3 is 2.50 bits per heavy atom. The minimum atomic E-state index is -1.24. The highest BCUT2D eigenvalue weighted by Crippen LogP contribution is 2.52. The number of ether oxygens (including phenoxy) is 1. The number of epoxide rings is 1. The fourth-order valence-electron chi connectivity index (χ4n) is 1.14. The lowest BCUT2D eigenvalue weighted by Gasteiger charge is -2.05. The summed E-state index contributed by atoms with van der Waals surface area (Å²) >= 11 is 0. The van der Waals surface area contributed by atoms with Crippen LogP contribution in [0.5, 0.6) is 11.5 Å². The predicted molar refractivity (Wildman–Crippen MR) is 50.3 cm³/mol. The minimum absolute atomic E-state index is 0.244. The molecule has 1 aromatic carbocycles. The highest BCUT2D eigenvalue weighted by molar-refractivity contribution is 7.43. The van der Waals surface area contributed by atoms with Crippen LogP contribution in [-0.2, 0) is 9.26 Å². The average Bonchev–Trinajstić information content (AvgIpc) is 2.94. The molecule has 3 rings (SSSR count). The van der Waals surface area contributed by atoms with Gasteiger partial charge in [0.25, 0.3) is 0 Å². The van der Waals surface area contributed by atoms with Crippen LogP contribution in [0.15, 0.2) is 24.3 Å². The van der Waals surface area contributed by atoms with E-state index in [9.17, 15) is 0 Å². The van der Waals surface area contributed by atoms with Crippen LogP contribution < -0.4 is 9.05 Å². The number of hydrogen-bond donors (Lipinski definition) is 0. The maximum absolute atomic E-state index is 5.45. The molecule has 1 unspecified atom stereocenters. The van der Waals surface area contributed by atoms with E-state index >= 15 is 0 Å². The van der Waals surface area contributed by atoms with Crippen molar-refractivity contribution in [3.8, 4) is 11.5 Å². The summed E-state index contributed by atoms with van der Waals surface area (Å²) in [4.78, 5) is 0. The molecular weight excluding hydrogens is 203 g/mol. The van der Waals surface area contributed by atoms with Gasteiger partial charge in [0.1, 0.15) is 6.10 Å². The molecular formula is C9H9O4P. The molecule has 0 radical (unpaired) electrons. The first-order valence-electron chi connectivity index (χ1n) is 4.41. The fourth-order valence-corrected chi connectivity index (χ4v) is 2.19.